The van der Waals surface area contributed by atoms with E-state index >= 15 is 0 Å². The fraction of sp³-hybridized carbons (Fsp3) is 0.571. The average Bonchev–Trinajstić information content (AvgIpc) is 2.26. The molecule has 0 saturated heterocycles. The Bertz CT molecular complexity index is 311. The summed E-state index contributed by atoms with van der Waals surface area (Å²) in [5.41, 5.74) is 0.978. The van der Waals surface area contributed by atoms with Crippen LogP contribution in [0.4, 0.5) is 0 Å². The second-order valence-corrected chi connectivity index (χ2v) is 4.49. The molecule has 2 unspecified atom stereocenters. The van der Waals surface area contributed by atoms with Crippen LogP contribution in [-0.2, 0) is 0 Å². The molecule has 1 aromatic carbocycles. The zero-order valence-corrected chi connectivity index (χ0v) is 10.5. The number of rotatable bonds is 6. The maximum Gasteiger partial charge on any atom is 0.120 e. The molecule has 0 aromatic heterocycles. The zero-order valence-electron chi connectivity index (χ0n) is 10.5. The molecule has 0 spiro atoms. The van der Waals surface area contributed by atoms with Crippen LogP contribution >= 0.6 is 0 Å². The fourth-order valence-electron chi connectivity index (χ4n) is 1.96. The zero-order chi connectivity index (χ0) is 12.0. The highest BCUT2D eigenvalue weighted by atomic mass is 16.3. The van der Waals surface area contributed by atoms with Crippen molar-refractivity contribution in [3.63, 3.8) is 0 Å². The van der Waals surface area contributed by atoms with E-state index in [1.165, 1.54) is 19.3 Å². The third-order valence-corrected chi connectivity index (χ3v) is 2.93. The highest BCUT2D eigenvalue weighted by Gasteiger charge is 2.11. The molecule has 90 valence electrons. The number of nitrogens with one attached hydrogen (secondary N) is 1. The largest absolute Gasteiger partial charge is 0.508 e. The Hall–Kier alpha value is -1.02. The minimum Gasteiger partial charge on any atom is -0.508 e. The van der Waals surface area contributed by atoms with Gasteiger partial charge in [-0.05, 0) is 26.3 Å². The third kappa shape index (κ3) is 3.86. The van der Waals surface area contributed by atoms with Crippen LogP contribution in [0.15, 0.2) is 24.3 Å². The molecule has 0 amide bonds. The number of hydrogen-bond donors (Lipinski definition) is 2. The molecule has 0 heterocycles. The number of hydrogen-bond acceptors (Lipinski definition) is 2. The third-order valence-electron chi connectivity index (χ3n) is 2.93. The summed E-state index contributed by atoms with van der Waals surface area (Å²) in [6, 6.07) is 8.22. The lowest BCUT2D eigenvalue weighted by Gasteiger charge is -2.20. The Balaban J connectivity index is 2.52. The summed E-state index contributed by atoms with van der Waals surface area (Å²) in [7, 11) is 0. The van der Waals surface area contributed by atoms with E-state index in [9.17, 15) is 5.11 Å². The van der Waals surface area contributed by atoms with Crippen LogP contribution in [0, 0.1) is 0 Å². The normalized spacial score (nSPS) is 14.7. The second-order valence-electron chi connectivity index (χ2n) is 4.49. The Labute approximate surface area is 98.7 Å². The van der Waals surface area contributed by atoms with Gasteiger partial charge in [0.25, 0.3) is 0 Å². The molecule has 0 saturated carbocycles. The molecule has 1 rings (SSSR count). The molecule has 0 bridgehead atoms. The van der Waals surface area contributed by atoms with Gasteiger partial charge in [0.05, 0.1) is 0 Å². The van der Waals surface area contributed by atoms with Gasteiger partial charge >= 0.3 is 0 Å². The van der Waals surface area contributed by atoms with Crippen molar-refractivity contribution in [1.82, 2.24) is 5.32 Å². The van der Waals surface area contributed by atoms with Gasteiger partial charge in [-0.15, -0.1) is 0 Å². The maximum atomic E-state index is 9.73. The van der Waals surface area contributed by atoms with Crippen LogP contribution in [0.1, 0.15) is 51.6 Å². The molecular formula is C14H23NO. The lowest BCUT2D eigenvalue weighted by molar-refractivity contribution is 0.419. The summed E-state index contributed by atoms with van der Waals surface area (Å²) in [6.45, 7) is 6.50. The Morgan fingerprint density at radius 1 is 1.25 bits per heavy atom. The van der Waals surface area contributed by atoms with Crippen LogP contribution in [0.5, 0.6) is 5.75 Å². The summed E-state index contributed by atoms with van der Waals surface area (Å²) in [5.74, 6) is 0.380. The number of para-hydroxylation sites is 1. The summed E-state index contributed by atoms with van der Waals surface area (Å²) in [6.07, 6.45) is 3.67. The van der Waals surface area contributed by atoms with E-state index in [0.717, 1.165) is 5.56 Å². The number of phenolic OH excluding ortho intramolecular Hbond substituents is 1. The number of unbranched alkanes of at least 4 members (excludes halogenated alkanes) is 1. The monoisotopic (exact) mass is 221 g/mol. The molecule has 2 heteroatoms. The van der Waals surface area contributed by atoms with E-state index in [-0.39, 0.29) is 6.04 Å². The van der Waals surface area contributed by atoms with Gasteiger partial charge in [-0.2, -0.15) is 0 Å². The van der Waals surface area contributed by atoms with Crippen molar-refractivity contribution in [2.24, 2.45) is 0 Å². The van der Waals surface area contributed by atoms with Crippen molar-refractivity contribution >= 4 is 0 Å². The van der Waals surface area contributed by atoms with Crippen molar-refractivity contribution in [1.29, 1.82) is 0 Å². The topological polar surface area (TPSA) is 32.3 Å². The molecule has 2 N–H and O–H groups in total. The van der Waals surface area contributed by atoms with Gasteiger partial charge in [0.15, 0.2) is 0 Å². The van der Waals surface area contributed by atoms with E-state index in [0.29, 0.717) is 11.8 Å². The highest BCUT2D eigenvalue weighted by molar-refractivity contribution is 5.34. The molecule has 0 aliphatic heterocycles. The first-order valence-corrected chi connectivity index (χ1v) is 6.19. The predicted octanol–water partition coefficient (Wildman–Crippen LogP) is 3.62. The van der Waals surface area contributed by atoms with Gasteiger partial charge in [-0.3, -0.25) is 0 Å². The summed E-state index contributed by atoms with van der Waals surface area (Å²) >= 11 is 0. The first-order chi connectivity index (χ1) is 7.65. The van der Waals surface area contributed by atoms with Crippen molar-refractivity contribution < 1.29 is 5.11 Å². The highest BCUT2D eigenvalue weighted by Crippen LogP contribution is 2.23. The molecule has 0 fully saturated rings. The van der Waals surface area contributed by atoms with E-state index < -0.39 is 0 Å². The van der Waals surface area contributed by atoms with Crippen molar-refractivity contribution in [2.75, 3.05) is 0 Å². The quantitative estimate of drug-likeness (QED) is 0.769. The lowest BCUT2D eigenvalue weighted by atomic mass is 10.0. The first-order valence-electron chi connectivity index (χ1n) is 6.19. The fourth-order valence-corrected chi connectivity index (χ4v) is 1.96. The Morgan fingerprint density at radius 3 is 2.56 bits per heavy atom. The summed E-state index contributed by atoms with van der Waals surface area (Å²) < 4.78 is 0. The second kappa shape index (κ2) is 6.54. The minimum absolute atomic E-state index is 0.202. The summed E-state index contributed by atoms with van der Waals surface area (Å²) in [5, 5.41) is 13.2. The van der Waals surface area contributed by atoms with E-state index in [1.54, 1.807) is 6.07 Å². The molecule has 16 heavy (non-hydrogen) atoms. The number of phenols is 1. The minimum atomic E-state index is 0.202. The smallest absolute Gasteiger partial charge is 0.120 e. The van der Waals surface area contributed by atoms with Gasteiger partial charge in [0, 0.05) is 17.6 Å². The van der Waals surface area contributed by atoms with E-state index in [1.807, 2.05) is 18.2 Å². The van der Waals surface area contributed by atoms with Crippen molar-refractivity contribution in [2.45, 2.75) is 52.1 Å². The first kappa shape index (κ1) is 13.0. The molecule has 0 aliphatic rings. The van der Waals surface area contributed by atoms with Crippen LogP contribution in [0.3, 0.4) is 0 Å². The molecule has 2 atom stereocenters. The Kier molecular flexibility index (Phi) is 5.33. The van der Waals surface area contributed by atoms with E-state index in [4.69, 9.17) is 0 Å². The molecular weight excluding hydrogens is 198 g/mol. The van der Waals surface area contributed by atoms with E-state index in [2.05, 4.69) is 26.1 Å². The summed E-state index contributed by atoms with van der Waals surface area (Å²) in [4.78, 5) is 0. The van der Waals surface area contributed by atoms with Gasteiger partial charge in [0.2, 0.25) is 0 Å². The predicted molar refractivity (Wildman–Crippen MR) is 68.6 cm³/mol. The molecule has 2 nitrogen and oxygen atoms in total. The van der Waals surface area contributed by atoms with Gasteiger partial charge in [-0.25, -0.2) is 0 Å². The van der Waals surface area contributed by atoms with Gasteiger partial charge < -0.3 is 10.4 Å². The number of benzene rings is 1. The van der Waals surface area contributed by atoms with Crippen LogP contribution < -0.4 is 5.32 Å². The van der Waals surface area contributed by atoms with Crippen molar-refractivity contribution in [3.05, 3.63) is 29.8 Å². The van der Waals surface area contributed by atoms with Gasteiger partial charge in [0.1, 0.15) is 5.75 Å². The van der Waals surface area contributed by atoms with Crippen LogP contribution in [-0.4, -0.2) is 11.1 Å². The standard InChI is InChI=1S/C14H23NO/c1-4-5-8-11(2)15-12(3)13-9-6-7-10-14(13)16/h6-7,9-12,15-16H,4-5,8H2,1-3H3. The Morgan fingerprint density at radius 2 is 1.94 bits per heavy atom. The average molecular weight is 221 g/mol. The van der Waals surface area contributed by atoms with Crippen LogP contribution in [0.25, 0.3) is 0 Å². The SMILES string of the molecule is CCCCC(C)NC(C)c1ccccc1O. The van der Waals surface area contributed by atoms with Gasteiger partial charge in [-0.1, -0.05) is 38.0 Å². The number of aromatic hydroxyl groups is 1. The lowest BCUT2D eigenvalue weighted by Crippen LogP contribution is -2.28. The maximum absolute atomic E-state index is 9.73. The molecule has 1 aromatic rings. The van der Waals surface area contributed by atoms with Crippen LogP contribution in [0.2, 0.25) is 0 Å². The molecule has 0 aliphatic carbocycles. The molecule has 0 radical (unpaired) electrons. The van der Waals surface area contributed by atoms with Crippen molar-refractivity contribution in [3.8, 4) is 5.75 Å².